The predicted octanol–water partition coefficient (Wildman–Crippen LogP) is -0.01000. The number of carbonyl (C=O) groups is 1. The molecule has 0 unspecified atom stereocenters. The van der Waals surface area contributed by atoms with Gasteiger partial charge in [0.1, 0.15) is 12.0 Å². The van der Waals surface area contributed by atoms with E-state index in [4.69, 9.17) is 0 Å². The lowest BCUT2D eigenvalue weighted by molar-refractivity contribution is -0.121. The highest BCUT2D eigenvalue weighted by atomic mass is 32.2. The van der Waals surface area contributed by atoms with E-state index in [2.05, 4.69) is 25.0 Å². The SMILES string of the molecule is O=C(CCC1CCNCC1)NCCNS(=O)(=O)Cc1ccon1. The Morgan fingerprint density at radius 3 is 2.83 bits per heavy atom. The van der Waals surface area contributed by atoms with Crippen LogP contribution in [0.2, 0.25) is 0 Å². The molecule has 0 aromatic carbocycles. The Bertz CT molecular complexity index is 568. The fraction of sp³-hybridized carbons (Fsp3) is 0.714. The molecule has 23 heavy (non-hydrogen) atoms. The van der Waals surface area contributed by atoms with E-state index in [1.54, 1.807) is 0 Å². The molecule has 1 amide bonds. The topological polar surface area (TPSA) is 113 Å². The van der Waals surface area contributed by atoms with Crippen molar-refractivity contribution in [3.05, 3.63) is 18.0 Å². The van der Waals surface area contributed by atoms with Crippen LogP contribution in [-0.4, -0.2) is 45.7 Å². The van der Waals surface area contributed by atoms with Gasteiger partial charge in [0.2, 0.25) is 15.9 Å². The van der Waals surface area contributed by atoms with Gasteiger partial charge in [-0.05, 0) is 38.3 Å². The molecule has 1 aromatic rings. The van der Waals surface area contributed by atoms with Gasteiger partial charge in [-0.3, -0.25) is 4.79 Å². The van der Waals surface area contributed by atoms with E-state index in [9.17, 15) is 13.2 Å². The van der Waals surface area contributed by atoms with Crippen molar-refractivity contribution in [3.63, 3.8) is 0 Å². The third-order valence-corrected chi connectivity index (χ3v) is 5.16. The largest absolute Gasteiger partial charge is 0.364 e. The van der Waals surface area contributed by atoms with Crippen LogP contribution < -0.4 is 15.4 Å². The molecule has 9 heteroatoms. The summed E-state index contributed by atoms with van der Waals surface area (Å²) < 4.78 is 30.5. The van der Waals surface area contributed by atoms with Crippen LogP contribution in [0.15, 0.2) is 16.9 Å². The normalized spacial score (nSPS) is 16.3. The van der Waals surface area contributed by atoms with E-state index in [0.717, 1.165) is 32.4 Å². The molecule has 0 atom stereocenters. The fourth-order valence-electron chi connectivity index (χ4n) is 2.56. The van der Waals surface area contributed by atoms with E-state index < -0.39 is 10.0 Å². The molecule has 2 rings (SSSR count). The minimum atomic E-state index is -3.46. The highest BCUT2D eigenvalue weighted by Gasteiger charge is 2.15. The van der Waals surface area contributed by atoms with Gasteiger partial charge in [0, 0.05) is 25.6 Å². The molecule has 8 nitrogen and oxygen atoms in total. The number of hydrogen-bond donors (Lipinski definition) is 3. The first kappa shape index (κ1) is 17.9. The molecule has 130 valence electrons. The number of carbonyl (C=O) groups excluding carboxylic acids is 1. The number of aromatic nitrogens is 1. The first-order valence-electron chi connectivity index (χ1n) is 7.89. The maximum absolute atomic E-state index is 11.8. The average molecular weight is 344 g/mol. The maximum atomic E-state index is 11.8. The minimum Gasteiger partial charge on any atom is -0.364 e. The van der Waals surface area contributed by atoms with Crippen molar-refractivity contribution in [1.82, 2.24) is 20.5 Å². The second-order valence-electron chi connectivity index (χ2n) is 5.73. The molecule has 1 aliphatic heterocycles. The summed E-state index contributed by atoms with van der Waals surface area (Å²) in [5.74, 6) is 0.356. The first-order valence-corrected chi connectivity index (χ1v) is 9.54. The van der Waals surface area contributed by atoms with Crippen molar-refractivity contribution >= 4 is 15.9 Å². The molecule has 1 aromatic heterocycles. The number of piperidine rings is 1. The first-order chi connectivity index (χ1) is 11.1. The summed E-state index contributed by atoms with van der Waals surface area (Å²) in [6.07, 6.45) is 4.96. The second-order valence-corrected chi connectivity index (χ2v) is 7.53. The molecule has 2 heterocycles. The molecule has 3 N–H and O–H groups in total. The van der Waals surface area contributed by atoms with Crippen molar-refractivity contribution in [3.8, 4) is 0 Å². The Morgan fingerprint density at radius 1 is 1.35 bits per heavy atom. The molecule has 0 aliphatic carbocycles. The van der Waals surface area contributed by atoms with Crippen molar-refractivity contribution in [1.29, 1.82) is 0 Å². The van der Waals surface area contributed by atoms with Gasteiger partial charge in [-0.1, -0.05) is 5.16 Å². The lowest BCUT2D eigenvalue weighted by Crippen LogP contribution is -2.35. The lowest BCUT2D eigenvalue weighted by Gasteiger charge is -2.22. The molecule has 1 aliphatic rings. The molecule has 1 saturated heterocycles. The maximum Gasteiger partial charge on any atom is 0.220 e. The Kier molecular flexibility index (Phi) is 7.00. The van der Waals surface area contributed by atoms with Crippen LogP contribution in [0.1, 0.15) is 31.4 Å². The van der Waals surface area contributed by atoms with Crippen LogP contribution in [0.25, 0.3) is 0 Å². The van der Waals surface area contributed by atoms with E-state index in [1.807, 2.05) is 0 Å². The average Bonchev–Trinajstić information content (AvgIpc) is 3.03. The Hall–Kier alpha value is -1.45. The predicted molar refractivity (Wildman–Crippen MR) is 85.0 cm³/mol. The Balaban J connectivity index is 1.56. The van der Waals surface area contributed by atoms with E-state index in [1.165, 1.54) is 12.3 Å². The third-order valence-electron chi connectivity index (χ3n) is 3.84. The molecule has 0 saturated carbocycles. The molecule has 1 fully saturated rings. The van der Waals surface area contributed by atoms with Gasteiger partial charge in [-0.15, -0.1) is 0 Å². The molecule has 0 bridgehead atoms. The Labute approximate surface area is 136 Å². The zero-order valence-electron chi connectivity index (χ0n) is 13.1. The van der Waals surface area contributed by atoms with Crippen molar-refractivity contribution in [2.24, 2.45) is 5.92 Å². The zero-order chi connectivity index (χ0) is 16.5. The standard InChI is InChI=1S/C14H24N4O4S/c19-14(2-1-12-3-6-15-7-4-12)16-8-9-17-23(20,21)11-13-5-10-22-18-13/h5,10,12,15,17H,1-4,6-9,11H2,(H,16,19). The summed E-state index contributed by atoms with van der Waals surface area (Å²) in [6, 6.07) is 1.50. The third kappa shape index (κ3) is 7.10. The molecule has 0 spiro atoms. The lowest BCUT2D eigenvalue weighted by atomic mass is 9.93. The van der Waals surface area contributed by atoms with Crippen LogP contribution in [0, 0.1) is 5.92 Å². The summed E-state index contributed by atoms with van der Waals surface area (Å²) >= 11 is 0. The van der Waals surface area contributed by atoms with Gasteiger partial charge >= 0.3 is 0 Å². The smallest absolute Gasteiger partial charge is 0.220 e. The van der Waals surface area contributed by atoms with Gasteiger partial charge in [0.15, 0.2) is 0 Å². The van der Waals surface area contributed by atoms with E-state index in [-0.39, 0.29) is 24.7 Å². The molecule has 0 radical (unpaired) electrons. The van der Waals surface area contributed by atoms with Crippen LogP contribution in [-0.2, 0) is 20.6 Å². The summed E-state index contributed by atoms with van der Waals surface area (Å²) in [6.45, 7) is 2.50. The van der Waals surface area contributed by atoms with Crippen molar-refractivity contribution in [2.75, 3.05) is 26.2 Å². The van der Waals surface area contributed by atoms with Gasteiger partial charge in [-0.25, -0.2) is 13.1 Å². The van der Waals surface area contributed by atoms with E-state index >= 15 is 0 Å². The highest BCUT2D eigenvalue weighted by Crippen LogP contribution is 2.17. The van der Waals surface area contributed by atoms with Gasteiger partial charge in [-0.2, -0.15) is 0 Å². The molecular formula is C14H24N4O4S. The number of rotatable bonds is 9. The number of sulfonamides is 1. The summed E-state index contributed by atoms with van der Waals surface area (Å²) in [5.41, 5.74) is 0.350. The second kappa shape index (κ2) is 8.99. The van der Waals surface area contributed by atoms with Crippen molar-refractivity contribution in [2.45, 2.75) is 31.4 Å². The number of amides is 1. The molecular weight excluding hydrogens is 320 g/mol. The zero-order valence-corrected chi connectivity index (χ0v) is 13.9. The van der Waals surface area contributed by atoms with Gasteiger partial charge in [0.05, 0.1) is 5.69 Å². The van der Waals surface area contributed by atoms with Crippen LogP contribution in [0.3, 0.4) is 0 Å². The van der Waals surface area contributed by atoms with Crippen LogP contribution in [0.4, 0.5) is 0 Å². The fourth-order valence-corrected chi connectivity index (χ4v) is 3.61. The summed E-state index contributed by atoms with van der Waals surface area (Å²) in [7, 11) is -3.46. The van der Waals surface area contributed by atoms with Gasteiger partial charge in [0.25, 0.3) is 0 Å². The number of nitrogens with zero attached hydrogens (tertiary/aromatic N) is 1. The minimum absolute atomic E-state index is 0.0285. The number of hydrogen-bond acceptors (Lipinski definition) is 6. The van der Waals surface area contributed by atoms with Gasteiger partial charge < -0.3 is 15.2 Å². The number of nitrogens with one attached hydrogen (secondary N) is 3. The van der Waals surface area contributed by atoms with E-state index in [0.29, 0.717) is 18.0 Å². The van der Waals surface area contributed by atoms with Crippen LogP contribution >= 0.6 is 0 Å². The van der Waals surface area contributed by atoms with Crippen molar-refractivity contribution < 1.29 is 17.7 Å². The quantitative estimate of drug-likeness (QED) is 0.543. The summed E-state index contributed by atoms with van der Waals surface area (Å²) in [5, 5.41) is 9.59. The Morgan fingerprint density at radius 2 is 2.13 bits per heavy atom. The van der Waals surface area contributed by atoms with Crippen LogP contribution in [0.5, 0.6) is 0 Å². The monoisotopic (exact) mass is 344 g/mol. The highest BCUT2D eigenvalue weighted by molar-refractivity contribution is 7.88. The summed E-state index contributed by atoms with van der Waals surface area (Å²) in [4.78, 5) is 11.7.